The highest BCUT2D eigenvalue weighted by molar-refractivity contribution is 6.41. The van der Waals surface area contributed by atoms with Crippen molar-refractivity contribution in [3.05, 3.63) is 52.3 Å². The minimum atomic E-state index is -0.332. The molecule has 1 aromatic heterocycles. The largest absolute Gasteiger partial charge is 0.322 e. The van der Waals surface area contributed by atoms with Crippen LogP contribution in [0.3, 0.4) is 0 Å². The van der Waals surface area contributed by atoms with Crippen LogP contribution in [0.15, 0.2) is 36.5 Å². The minimum Gasteiger partial charge on any atom is -0.322 e. The second-order valence-electron chi connectivity index (χ2n) is 5.15. The molecule has 3 rings (SSSR count). The highest BCUT2D eigenvalue weighted by atomic mass is 35.5. The average Bonchev–Trinajstić information content (AvgIpc) is 2.97. The Kier molecular flexibility index (Phi) is 4.50. The average molecular weight is 350 g/mol. The molecule has 7 heteroatoms. The number of benzene rings is 1. The van der Waals surface area contributed by atoms with E-state index in [2.05, 4.69) is 10.3 Å². The molecule has 0 aliphatic carbocycles. The summed E-state index contributed by atoms with van der Waals surface area (Å²) in [6.07, 6.45) is 2.82. The first-order valence-electron chi connectivity index (χ1n) is 7.07. The molecule has 2 amide bonds. The third-order valence-corrected chi connectivity index (χ3v) is 4.25. The van der Waals surface area contributed by atoms with Crippen molar-refractivity contribution in [3.63, 3.8) is 0 Å². The Hall–Kier alpha value is -2.11. The summed E-state index contributed by atoms with van der Waals surface area (Å²) in [4.78, 5) is 29.5. The van der Waals surface area contributed by atoms with Gasteiger partial charge in [0.2, 0.25) is 5.91 Å². The van der Waals surface area contributed by atoms with Crippen molar-refractivity contribution in [1.29, 1.82) is 0 Å². The third kappa shape index (κ3) is 3.46. The molecule has 0 saturated carbocycles. The Morgan fingerprint density at radius 2 is 1.96 bits per heavy atom. The number of carbonyl (C=O) groups is 2. The number of hydrogen-bond donors (Lipinski definition) is 1. The molecule has 23 heavy (non-hydrogen) atoms. The summed E-state index contributed by atoms with van der Waals surface area (Å²) in [5.74, 6) is -0.204. The molecule has 0 unspecified atom stereocenters. The number of rotatable bonds is 3. The quantitative estimate of drug-likeness (QED) is 0.858. The fourth-order valence-corrected chi connectivity index (χ4v) is 2.66. The zero-order valence-corrected chi connectivity index (χ0v) is 13.6. The smallest absolute Gasteiger partial charge is 0.257 e. The molecule has 1 aromatic carbocycles. The number of nitrogens with one attached hydrogen (secondary N) is 1. The molecule has 0 radical (unpaired) electrons. The second kappa shape index (κ2) is 6.56. The summed E-state index contributed by atoms with van der Waals surface area (Å²) in [6, 6.07) is 8.59. The maximum atomic E-state index is 12.2. The van der Waals surface area contributed by atoms with Gasteiger partial charge in [-0.25, -0.2) is 4.98 Å². The van der Waals surface area contributed by atoms with Gasteiger partial charge in [0, 0.05) is 30.5 Å². The van der Waals surface area contributed by atoms with Gasteiger partial charge in [-0.2, -0.15) is 0 Å². The van der Waals surface area contributed by atoms with Gasteiger partial charge in [0.05, 0.1) is 10.6 Å². The molecule has 2 heterocycles. The Morgan fingerprint density at radius 1 is 1.22 bits per heavy atom. The van der Waals surface area contributed by atoms with E-state index in [-0.39, 0.29) is 22.0 Å². The number of amides is 2. The molecule has 5 nitrogen and oxygen atoms in total. The molecule has 1 aliphatic rings. The number of anilines is 2. The molecule has 1 fully saturated rings. The Bertz CT molecular complexity index is 762. The van der Waals surface area contributed by atoms with Crippen molar-refractivity contribution in [2.45, 2.75) is 12.8 Å². The van der Waals surface area contributed by atoms with Gasteiger partial charge in [-0.15, -0.1) is 0 Å². The van der Waals surface area contributed by atoms with Crippen LogP contribution < -0.4 is 10.2 Å². The van der Waals surface area contributed by atoms with Crippen LogP contribution in [0.5, 0.6) is 0 Å². The molecule has 0 bridgehead atoms. The molecular weight excluding hydrogens is 337 g/mol. The van der Waals surface area contributed by atoms with E-state index < -0.39 is 0 Å². The fourth-order valence-electron chi connectivity index (χ4n) is 2.39. The summed E-state index contributed by atoms with van der Waals surface area (Å²) in [5, 5.41) is 3.13. The van der Waals surface area contributed by atoms with Gasteiger partial charge in [-0.05, 0) is 36.8 Å². The van der Waals surface area contributed by atoms with Crippen LogP contribution >= 0.6 is 23.2 Å². The maximum absolute atomic E-state index is 12.2. The lowest BCUT2D eigenvalue weighted by Crippen LogP contribution is -2.23. The lowest BCUT2D eigenvalue weighted by molar-refractivity contribution is -0.117. The SMILES string of the molecule is O=C(Nc1ccc(N2CCCC2=O)cc1)c1cnc(Cl)c(Cl)c1. The predicted molar refractivity (Wildman–Crippen MR) is 90.2 cm³/mol. The van der Waals surface area contributed by atoms with Crippen molar-refractivity contribution in [3.8, 4) is 0 Å². The first kappa shape index (κ1) is 15.8. The topological polar surface area (TPSA) is 62.3 Å². The molecule has 0 atom stereocenters. The van der Waals surface area contributed by atoms with E-state index in [1.807, 2.05) is 12.1 Å². The number of pyridine rings is 1. The van der Waals surface area contributed by atoms with E-state index in [0.717, 1.165) is 18.7 Å². The number of halogens is 2. The van der Waals surface area contributed by atoms with E-state index in [0.29, 0.717) is 17.7 Å². The highest BCUT2D eigenvalue weighted by Crippen LogP contribution is 2.24. The highest BCUT2D eigenvalue weighted by Gasteiger charge is 2.21. The molecule has 1 N–H and O–H groups in total. The normalized spacial score (nSPS) is 14.2. The molecule has 1 saturated heterocycles. The summed E-state index contributed by atoms with van der Waals surface area (Å²) in [5.41, 5.74) is 1.77. The number of hydrogen-bond acceptors (Lipinski definition) is 3. The molecule has 0 spiro atoms. The number of carbonyl (C=O) groups excluding carboxylic acids is 2. The van der Waals surface area contributed by atoms with Gasteiger partial charge in [0.15, 0.2) is 0 Å². The van der Waals surface area contributed by atoms with E-state index in [9.17, 15) is 9.59 Å². The van der Waals surface area contributed by atoms with Gasteiger partial charge in [-0.3, -0.25) is 9.59 Å². The minimum absolute atomic E-state index is 0.128. The maximum Gasteiger partial charge on any atom is 0.257 e. The van der Waals surface area contributed by atoms with Crippen LogP contribution in [0.4, 0.5) is 11.4 Å². The van der Waals surface area contributed by atoms with Crippen LogP contribution in [-0.4, -0.2) is 23.3 Å². The third-order valence-electron chi connectivity index (χ3n) is 3.57. The van der Waals surface area contributed by atoms with Crippen molar-refractivity contribution in [2.24, 2.45) is 0 Å². The van der Waals surface area contributed by atoms with Crippen LogP contribution in [-0.2, 0) is 4.79 Å². The van der Waals surface area contributed by atoms with E-state index in [4.69, 9.17) is 23.2 Å². The summed E-state index contributed by atoms with van der Waals surface area (Å²) in [6.45, 7) is 0.736. The van der Waals surface area contributed by atoms with Gasteiger partial charge < -0.3 is 10.2 Å². The van der Waals surface area contributed by atoms with E-state index >= 15 is 0 Å². The first-order chi connectivity index (χ1) is 11.0. The summed E-state index contributed by atoms with van der Waals surface area (Å²) < 4.78 is 0. The summed E-state index contributed by atoms with van der Waals surface area (Å²) in [7, 11) is 0. The van der Waals surface area contributed by atoms with Gasteiger partial charge in [-0.1, -0.05) is 23.2 Å². The number of nitrogens with zero attached hydrogens (tertiary/aromatic N) is 2. The van der Waals surface area contributed by atoms with Crippen molar-refractivity contribution in [2.75, 3.05) is 16.8 Å². The van der Waals surface area contributed by atoms with E-state index in [1.54, 1.807) is 17.0 Å². The zero-order valence-electron chi connectivity index (χ0n) is 12.1. The zero-order chi connectivity index (χ0) is 16.4. The van der Waals surface area contributed by atoms with Gasteiger partial charge in [0.25, 0.3) is 5.91 Å². The second-order valence-corrected chi connectivity index (χ2v) is 5.91. The number of aromatic nitrogens is 1. The molecule has 118 valence electrons. The van der Waals surface area contributed by atoms with Crippen molar-refractivity contribution >= 4 is 46.4 Å². The first-order valence-corrected chi connectivity index (χ1v) is 7.83. The van der Waals surface area contributed by atoms with Gasteiger partial charge >= 0.3 is 0 Å². The van der Waals surface area contributed by atoms with Crippen LogP contribution in [0, 0.1) is 0 Å². The Morgan fingerprint density at radius 3 is 2.57 bits per heavy atom. The standard InChI is InChI=1S/C16H13Cl2N3O2/c17-13-8-10(9-19-15(13)18)16(23)20-11-3-5-12(6-4-11)21-7-1-2-14(21)22/h3-6,8-9H,1-2,7H2,(H,20,23). The predicted octanol–water partition coefficient (Wildman–Crippen LogP) is 3.77. The monoisotopic (exact) mass is 349 g/mol. The Labute approximate surface area is 143 Å². The van der Waals surface area contributed by atoms with Crippen LogP contribution in [0.2, 0.25) is 10.2 Å². The molecule has 1 aliphatic heterocycles. The van der Waals surface area contributed by atoms with Crippen LogP contribution in [0.25, 0.3) is 0 Å². The summed E-state index contributed by atoms with van der Waals surface area (Å²) >= 11 is 11.6. The van der Waals surface area contributed by atoms with Crippen molar-refractivity contribution < 1.29 is 9.59 Å². The van der Waals surface area contributed by atoms with E-state index in [1.165, 1.54) is 12.3 Å². The van der Waals surface area contributed by atoms with Gasteiger partial charge in [0.1, 0.15) is 5.15 Å². The molecular formula is C16H13Cl2N3O2. The lowest BCUT2D eigenvalue weighted by Gasteiger charge is -2.16. The fraction of sp³-hybridized carbons (Fsp3) is 0.188. The Balaban J connectivity index is 1.71. The van der Waals surface area contributed by atoms with Crippen LogP contribution in [0.1, 0.15) is 23.2 Å². The molecule has 2 aromatic rings. The lowest BCUT2D eigenvalue weighted by atomic mass is 10.2. The van der Waals surface area contributed by atoms with Crippen molar-refractivity contribution in [1.82, 2.24) is 4.98 Å².